The first kappa shape index (κ1) is 8.81. The zero-order chi connectivity index (χ0) is 8.81. The van der Waals surface area contributed by atoms with E-state index in [1.165, 1.54) is 0 Å². The van der Waals surface area contributed by atoms with Gasteiger partial charge in [-0.25, -0.2) is 0 Å². The molecule has 1 aromatic carbocycles. The Kier molecular flexibility index (Phi) is 3.35. The Morgan fingerprint density at radius 3 is 2.92 bits per heavy atom. The summed E-state index contributed by atoms with van der Waals surface area (Å²) >= 11 is 0. The molecule has 0 fully saturated rings. The van der Waals surface area contributed by atoms with Crippen molar-refractivity contribution >= 4 is 19.3 Å². The van der Waals surface area contributed by atoms with Crippen molar-refractivity contribution in [1.82, 2.24) is 5.23 Å². The van der Waals surface area contributed by atoms with Gasteiger partial charge in [0.05, 0.1) is 6.19 Å². The van der Waals surface area contributed by atoms with Crippen molar-refractivity contribution in [2.24, 2.45) is 0 Å². The molecule has 3 N–H and O–H groups in total. The third-order valence-corrected chi connectivity index (χ3v) is 1.60. The summed E-state index contributed by atoms with van der Waals surface area (Å²) in [6.45, 7) is 0.644. The van der Waals surface area contributed by atoms with Crippen LogP contribution in [0.4, 0.5) is 5.69 Å². The molecule has 0 radical (unpaired) electrons. The number of nitrogens with one attached hydrogen (secondary N) is 1. The molecule has 0 heterocycles. The Labute approximate surface area is 72.2 Å². The summed E-state index contributed by atoms with van der Waals surface area (Å²) in [6.07, 6.45) is 0.832. The lowest BCUT2D eigenvalue weighted by Crippen LogP contribution is -2.20. The molecule has 0 saturated heterocycles. The highest BCUT2D eigenvalue weighted by Crippen LogP contribution is 2.08. The number of anilines is 1. The highest BCUT2D eigenvalue weighted by molar-refractivity contribution is 6.64. The van der Waals surface area contributed by atoms with Gasteiger partial charge < -0.3 is 15.8 Å². The molecule has 0 unspecified atom stereocenters. The molecular weight excluding hydrogens is 151 g/mol. The monoisotopic (exact) mass is 162 g/mol. The SMILES string of the molecule is Nc1ccccc1CNBC=O. The summed E-state index contributed by atoms with van der Waals surface area (Å²) < 4.78 is 0. The summed E-state index contributed by atoms with van der Waals surface area (Å²) in [5, 5.41) is 2.94. The molecule has 0 aliphatic heterocycles. The van der Waals surface area contributed by atoms with Crippen LogP contribution >= 0.6 is 0 Å². The molecule has 0 atom stereocenters. The van der Waals surface area contributed by atoms with Crippen LogP contribution in [0.3, 0.4) is 0 Å². The zero-order valence-corrected chi connectivity index (χ0v) is 6.79. The molecular formula is C8H11BN2O. The fourth-order valence-corrected chi connectivity index (χ4v) is 0.961. The third kappa shape index (κ3) is 2.40. The van der Waals surface area contributed by atoms with Crippen molar-refractivity contribution in [2.75, 3.05) is 5.73 Å². The number of carbonyl (C=O) groups excluding carboxylic acids is 1. The quantitative estimate of drug-likeness (QED) is 0.281. The minimum atomic E-state index is 0.369. The van der Waals surface area contributed by atoms with E-state index in [2.05, 4.69) is 5.23 Å². The van der Waals surface area contributed by atoms with Crippen molar-refractivity contribution < 1.29 is 4.79 Å². The number of nitrogens with two attached hydrogens (primary N) is 1. The van der Waals surface area contributed by atoms with Gasteiger partial charge in [0.2, 0.25) is 0 Å². The maximum absolute atomic E-state index is 9.99. The Morgan fingerprint density at radius 2 is 2.25 bits per heavy atom. The van der Waals surface area contributed by atoms with E-state index in [1.54, 1.807) is 0 Å². The Hall–Kier alpha value is -1.29. The van der Waals surface area contributed by atoms with E-state index in [4.69, 9.17) is 5.73 Å². The topological polar surface area (TPSA) is 55.1 Å². The molecule has 0 bridgehead atoms. The summed E-state index contributed by atoms with van der Waals surface area (Å²) in [6, 6.07) is 7.60. The maximum Gasteiger partial charge on any atom is 0.278 e. The van der Waals surface area contributed by atoms with Crippen LogP contribution in [0.1, 0.15) is 5.56 Å². The van der Waals surface area contributed by atoms with Crippen molar-refractivity contribution in [3.8, 4) is 0 Å². The standard InChI is InChI=1S/C8H11BN2O/c10-8-4-2-1-3-7(8)5-11-9-6-12/h1-4,6,9,11H,5,10H2. The van der Waals surface area contributed by atoms with Crippen molar-refractivity contribution in [3.05, 3.63) is 29.8 Å². The minimum Gasteiger partial charge on any atom is -0.398 e. The van der Waals surface area contributed by atoms with E-state index in [1.807, 2.05) is 24.3 Å². The van der Waals surface area contributed by atoms with E-state index < -0.39 is 0 Å². The number of benzene rings is 1. The van der Waals surface area contributed by atoms with Crippen LogP contribution in [-0.4, -0.2) is 13.6 Å². The van der Waals surface area contributed by atoms with E-state index in [0.29, 0.717) is 14.0 Å². The van der Waals surface area contributed by atoms with Crippen LogP contribution in [-0.2, 0) is 11.3 Å². The first-order chi connectivity index (χ1) is 5.84. The van der Waals surface area contributed by atoms with E-state index in [-0.39, 0.29) is 0 Å². The van der Waals surface area contributed by atoms with E-state index >= 15 is 0 Å². The average Bonchev–Trinajstić information content (AvgIpc) is 2.09. The van der Waals surface area contributed by atoms with Gasteiger partial charge in [0.15, 0.2) is 0 Å². The van der Waals surface area contributed by atoms with Gasteiger partial charge in [0, 0.05) is 12.2 Å². The number of rotatable bonds is 4. The molecule has 62 valence electrons. The molecule has 1 rings (SSSR count). The molecule has 0 saturated carbocycles. The molecule has 0 aromatic heterocycles. The van der Waals surface area contributed by atoms with Gasteiger partial charge in [0.1, 0.15) is 0 Å². The molecule has 0 amide bonds. The van der Waals surface area contributed by atoms with Crippen molar-refractivity contribution in [3.63, 3.8) is 0 Å². The zero-order valence-electron chi connectivity index (χ0n) is 6.79. The van der Waals surface area contributed by atoms with Gasteiger partial charge in [0.25, 0.3) is 7.41 Å². The first-order valence-electron chi connectivity index (χ1n) is 3.82. The summed E-state index contributed by atoms with van der Waals surface area (Å²) in [5.74, 6) is 0. The highest BCUT2D eigenvalue weighted by atomic mass is 16.1. The molecule has 4 heteroatoms. The second-order valence-electron chi connectivity index (χ2n) is 2.50. The summed E-state index contributed by atoms with van der Waals surface area (Å²) in [5.41, 5.74) is 7.46. The highest BCUT2D eigenvalue weighted by Gasteiger charge is 1.95. The lowest BCUT2D eigenvalue weighted by Gasteiger charge is -2.03. The van der Waals surface area contributed by atoms with Crippen molar-refractivity contribution in [1.29, 1.82) is 0 Å². The largest absolute Gasteiger partial charge is 0.398 e. The van der Waals surface area contributed by atoms with Crippen LogP contribution in [0.5, 0.6) is 0 Å². The third-order valence-electron chi connectivity index (χ3n) is 1.60. The van der Waals surface area contributed by atoms with Gasteiger partial charge in [-0.2, -0.15) is 0 Å². The van der Waals surface area contributed by atoms with Gasteiger partial charge in [-0.05, 0) is 11.6 Å². The second kappa shape index (κ2) is 4.56. The van der Waals surface area contributed by atoms with Gasteiger partial charge in [-0.1, -0.05) is 18.2 Å². The first-order valence-corrected chi connectivity index (χ1v) is 3.82. The summed E-state index contributed by atoms with van der Waals surface area (Å²) in [4.78, 5) is 9.99. The fraction of sp³-hybridized carbons (Fsp3) is 0.125. The van der Waals surface area contributed by atoms with Crippen LogP contribution in [0.15, 0.2) is 24.3 Å². The second-order valence-corrected chi connectivity index (χ2v) is 2.50. The smallest absolute Gasteiger partial charge is 0.278 e. The van der Waals surface area contributed by atoms with Gasteiger partial charge >= 0.3 is 0 Å². The number of hydrogen-bond acceptors (Lipinski definition) is 3. The predicted molar refractivity (Wildman–Crippen MR) is 51.6 cm³/mol. The molecule has 0 aliphatic carbocycles. The Morgan fingerprint density at radius 1 is 1.50 bits per heavy atom. The number of nitrogen functional groups attached to an aromatic ring is 1. The van der Waals surface area contributed by atoms with Crippen molar-refractivity contribution in [2.45, 2.75) is 6.54 Å². The van der Waals surface area contributed by atoms with Crippen LogP contribution < -0.4 is 11.0 Å². The summed E-state index contributed by atoms with van der Waals surface area (Å²) in [7, 11) is 0.369. The molecule has 12 heavy (non-hydrogen) atoms. The van der Waals surface area contributed by atoms with E-state index in [9.17, 15) is 4.79 Å². The number of para-hydroxylation sites is 1. The van der Waals surface area contributed by atoms with Crippen LogP contribution in [0.25, 0.3) is 0 Å². The lowest BCUT2D eigenvalue weighted by molar-refractivity contribution is 0.567. The fourth-order valence-electron chi connectivity index (χ4n) is 0.961. The molecule has 0 aliphatic rings. The Balaban J connectivity index is 2.51. The van der Waals surface area contributed by atoms with Crippen LogP contribution in [0.2, 0.25) is 0 Å². The maximum atomic E-state index is 9.99. The molecule has 3 nitrogen and oxygen atoms in total. The van der Waals surface area contributed by atoms with Gasteiger partial charge in [-0.15, -0.1) is 0 Å². The van der Waals surface area contributed by atoms with Gasteiger partial charge in [-0.3, -0.25) is 0 Å². The average molecular weight is 162 g/mol. The van der Waals surface area contributed by atoms with Crippen LogP contribution in [0, 0.1) is 0 Å². The number of hydrogen-bond donors (Lipinski definition) is 2. The minimum absolute atomic E-state index is 0.369. The molecule has 1 aromatic rings. The normalized spacial score (nSPS) is 9.33. The molecule has 0 spiro atoms. The van der Waals surface area contributed by atoms with E-state index in [0.717, 1.165) is 17.4 Å². The number of carbonyl (C=O) groups is 1. The lowest BCUT2D eigenvalue weighted by atomic mass is 9.98. The predicted octanol–water partition coefficient (Wildman–Crippen LogP) is -0.0999. The Bertz CT molecular complexity index is 265.